The molecule has 74 heavy (non-hydrogen) atoms. The lowest BCUT2D eigenvalue weighted by Crippen LogP contribution is -2.62. The van der Waals surface area contributed by atoms with Crippen molar-refractivity contribution in [2.45, 2.75) is 188 Å². The topological polar surface area (TPSA) is 259 Å². The first kappa shape index (κ1) is 60.9. The second kappa shape index (κ2) is 27.8. The number of hydrogen-bond acceptors (Lipinski definition) is 14. The number of methoxy groups -OCH3 is 1. The molecule has 3 heterocycles. The Hall–Kier alpha value is -5.63. The highest BCUT2D eigenvalue weighted by Gasteiger charge is 2.45. The SMILES string of the molecule is CC[C@H](C)[C@H]1NC(=O)[C@@H](NC(=O)[C@@H](CC(C)C)N(C)C(=O)[C@@H]2CCCN2)[C@H](C)OC(=O)[C@H](Cc2ccc(OC)cc2)N(C)C(=O)[C@@H]2CCCN2C(=O)[C@@H](CC(C)C)NC(=O)[C@@H](C)C(=O)[C@@H](C(C)C)OC(=O)C[C@H]1O. The monoisotopic (exact) mass is 1040 g/mol. The number of fused-ring (bicyclic) bond motifs is 1. The molecule has 20 heteroatoms. The van der Waals surface area contributed by atoms with E-state index in [1.54, 1.807) is 45.0 Å². The van der Waals surface area contributed by atoms with Crippen LogP contribution in [0.4, 0.5) is 0 Å². The van der Waals surface area contributed by atoms with Crippen LogP contribution in [0.2, 0.25) is 0 Å². The Balaban J connectivity index is 1.88. The van der Waals surface area contributed by atoms with Gasteiger partial charge in [0.05, 0.1) is 37.6 Å². The summed E-state index contributed by atoms with van der Waals surface area (Å²) in [6.07, 6.45) is -2.50. The van der Waals surface area contributed by atoms with E-state index in [1.807, 2.05) is 34.6 Å². The fourth-order valence-corrected chi connectivity index (χ4v) is 9.90. The molecule has 3 saturated heterocycles. The first-order valence-electron chi connectivity index (χ1n) is 26.5. The van der Waals surface area contributed by atoms with E-state index in [0.29, 0.717) is 37.1 Å². The van der Waals surface area contributed by atoms with Crippen molar-refractivity contribution in [3.63, 3.8) is 0 Å². The standard InChI is InChI=1S/C54H85N7O13/c1-14-32(8)44-42(62)28-43(63)74-47(31(6)7)46(64)33(9)48(65)56-38(25-29(2)3)52(69)61-24-16-18-39(61)53(70)60(12)41(27-35-19-21-36(72-13)22-20-35)54(71)73-34(10)45(50(67)57-44)58-49(66)40(26-30(4)5)59(11)51(68)37-17-15-23-55-37/h19-22,29-34,37-42,44-45,47,55,62H,14-18,23-28H2,1-13H3,(H,56,65)(H,57,67)(H,58,66)/t32-,33-,34-,37-,38+,39-,40+,41-,42+,44+,45-,47+/m0/s1. The van der Waals surface area contributed by atoms with E-state index in [0.717, 1.165) is 6.42 Å². The van der Waals surface area contributed by atoms with Crippen molar-refractivity contribution in [3.05, 3.63) is 29.8 Å². The summed E-state index contributed by atoms with van der Waals surface area (Å²) in [5, 5.41) is 23.3. The van der Waals surface area contributed by atoms with Crippen LogP contribution in [-0.4, -0.2) is 168 Å². The zero-order valence-electron chi connectivity index (χ0n) is 45.9. The summed E-state index contributed by atoms with van der Waals surface area (Å²) >= 11 is 0. The number of cyclic esters (lactones) is 2. The van der Waals surface area contributed by atoms with Crippen molar-refractivity contribution >= 4 is 53.2 Å². The van der Waals surface area contributed by atoms with Gasteiger partial charge in [0.15, 0.2) is 11.9 Å². The van der Waals surface area contributed by atoms with Crippen LogP contribution in [0, 0.1) is 29.6 Å². The molecule has 0 aromatic heterocycles. The van der Waals surface area contributed by atoms with Crippen molar-refractivity contribution in [2.75, 3.05) is 34.3 Å². The van der Waals surface area contributed by atoms with Gasteiger partial charge in [0, 0.05) is 27.1 Å². The van der Waals surface area contributed by atoms with Crippen LogP contribution in [-0.2, 0) is 59.0 Å². The quantitative estimate of drug-likeness (QED) is 0.133. The summed E-state index contributed by atoms with van der Waals surface area (Å²) in [5.41, 5.74) is 0.604. The zero-order chi connectivity index (χ0) is 55.3. The number of benzene rings is 1. The number of aliphatic hydroxyl groups is 1. The van der Waals surface area contributed by atoms with Crippen molar-refractivity contribution in [2.24, 2.45) is 29.6 Å². The minimum Gasteiger partial charge on any atom is -0.497 e. The van der Waals surface area contributed by atoms with Gasteiger partial charge in [-0.25, -0.2) is 4.79 Å². The fourth-order valence-electron chi connectivity index (χ4n) is 9.90. The lowest BCUT2D eigenvalue weighted by atomic mass is 9.91. The Labute approximate surface area is 437 Å². The Morgan fingerprint density at radius 3 is 2.12 bits per heavy atom. The maximum atomic E-state index is 14.9. The number of Topliss-reactive ketones (excluding diaryl/α,β-unsaturated/α-hetero) is 1. The molecule has 0 saturated carbocycles. The number of ketones is 1. The molecule has 3 fully saturated rings. The van der Waals surface area contributed by atoms with Crippen LogP contribution in [0.15, 0.2) is 24.3 Å². The lowest BCUT2D eigenvalue weighted by molar-refractivity contribution is -0.163. The normalized spacial score (nSPS) is 28.3. The Bertz CT molecular complexity index is 2130. The van der Waals surface area contributed by atoms with E-state index < -0.39 is 132 Å². The van der Waals surface area contributed by atoms with Gasteiger partial charge in [-0.3, -0.25) is 38.4 Å². The highest BCUT2D eigenvalue weighted by Crippen LogP contribution is 2.26. The molecule has 0 spiro atoms. The maximum Gasteiger partial charge on any atom is 0.329 e. The molecule has 0 radical (unpaired) electrons. The summed E-state index contributed by atoms with van der Waals surface area (Å²) in [7, 11) is 4.46. The van der Waals surface area contributed by atoms with Gasteiger partial charge in [0.25, 0.3) is 0 Å². The van der Waals surface area contributed by atoms with E-state index in [2.05, 4.69) is 21.3 Å². The predicted octanol–water partition coefficient (Wildman–Crippen LogP) is 2.70. The van der Waals surface area contributed by atoms with Crippen molar-refractivity contribution in [1.82, 2.24) is 36.0 Å². The molecule has 6 amide bonds. The first-order chi connectivity index (χ1) is 34.8. The molecular formula is C54H85N7O13. The number of hydrogen-bond donors (Lipinski definition) is 5. The molecule has 414 valence electrons. The van der Waals surface area contributed by atoms with Gasteiger partial charge >= 0.3 is 11.9 Å². The van der Waals surface area contributed by atoms with Crippen LogP contribution >= 0.6 is 0 Å². The van der Waals surface area contributed by atoms with Gasteiger partial charge < -0.3 is 55.3 Å². The Kier molecular flexibility index (Phi) is 22.9. The number of nitrogens with zero attached hydrogens (tertiary/aromatic N) is 3. The third-order valence-electron chi connectivity index (χ3n) is 14.7. The molecule has 0 unspecified atom stereocenters. The minimum atomic E-state index is -1.67. The largest absolute Gasteiger partial charge is 0.497 e. The van der Waals surface area contributed by atoms with Crippen molar-refractivity contribution < 1.29 is 62.5 Å². The van der Waals surface area contributed by atoms with Gasteiger partial charge in [0.1, 0.15) is 42.1 Å². The molecule has 5 N–H and O–H groups in total. The summed E-state index contributed by atoms with van der Waals surface area (Å²) in [5.74, 6) is -8.71. The molecule has 0 bridgehead atoms. The number of esters is 2. The average Bonchev–Trinajstić information content (AvgIpc) is 4.09. The number of nitrogens with one attached hydrogen (secondary N) is 4. The molecule has 20 nitrogen and oxygen atoms in total. The van der Waals surface area contributed by atoms with E-state index in [-0.39, 0.29) is 50.0 Å². The second-order valence-corrected chi connectivity index (χ2v) is 21.7. The third kappa shape index (κ3) is 15.9. The fraction of sp³-hybridized carbons (Fsp3) is 0.722. The first-order valence-corrected chi connectivity index (χ1v) is 26.5. The van der Waals surface area contributed by atoms with E-state index in [1.165, 1.54) is 49.8 Å². The van der Waals surface area contributed by atoms with Gasteiger partial charge in [-0.15, -0.1) is 0 Å². The number of rotatable bonds is 14. The lowest BCUT2D eigenvalue weighted by Gasteiger charge is -2.36. The second-order valence-electron chi connectivity index (χ2n) is 21.7. The van der Waals surface area contributed by atoms with E-state index >= 15 is 0 Å². The molecule has 12 atom stereocenters. The number of ether oxygens (including phenoxy) is 3. The van der Waals surface area contributed by atoms with Crippen LogP contribution in [0.25, 0.3) is 0 Å². The number of amides is 6. The number of likely N-dealkylation sites (N-methyl/N-ethyl adjacent to an activating group) is 2. The molecule has 3 aliphatic heterocycles. The van der Waals surface area contributed by atoms with E-state index in [9.17, 15) is 48.3 Å². The highest BCUT2D eigenvalue weighted by atomic mass is 16.6. The Morgan fingerprint density at radius 1 is 0.892 bits per heavy atom. The summed E-state index contributed by atoms with van der Waals surface area (Å²) < 4.78 is 17.2. The highest BCUT2D eigenvalue weighted by molar-refractivity contribution is 6.05. The molecule has 3 aliphatic rings. The average molecular weight is 1040 g/mol. The van der Waals surface area contributed by atoms with Gasteiger partial charge in [0.2, 0.25) is 35.4 Å². The van der Waals surface area contributed by atoms with Gasteiger partial charge in [-0.2, -0.15) is 0 Å². The van der Waals surface area contributed by atoms with Crippen molar-refractivity contribution in [3.8, 4) is 5.75 Å². The zero-order valence-corrected chi connectivity index (χ0v) is 45.9. The smallest absolute Gasteiger partial charge is 0.329 e. The van der Waals surface area contributed by atoms with Crippen LogP contribution in [0.3, 0.4) is 0 Å². The summed E-state index contributed by atoms with van der Waals surface area (Å²) in [4.78, 5) is 133. The summed E-state index contributed by atoms with van der Waals surface area (Å²) in [6.45, 7) is 17.9. The van der Waals surface area contributed by atoms with Crippen molar-refractivity contribution in [1.29, 1.82) is 0 Å². The predicted molar refractivity (Wildman–Crippen MR) is 275 cm³/mol. The van der Waals surface area contributed by atoms with Gasteiger partial charge in [-0.1, -0.05) is 73.9 Å². The molecule has 4 rings (SSSR count). The molecule has 0 aliphatic carbocycles. The van der Waals surface area contributed by atoms with Crippen LogP contribution < -0.4 is 26.0 Å². The van der Waals surface area contributed by atoms with Gasteiger partial charge in [-0.05, 0) is 100 Å². The summed E-state index contributed by atoms with van der Waals surface area (Å²) in [6, 6.07) is -1.16. The third-order valence-corrected chi connectivity index (χ3v) is 14.7. The number of carbonyl (C=O) groups excluding carboxylic acids is 9. The van der Waals surface area contributed by atoms with Crippen LogP contribution in [0.1, 0.15) is 126 Å². The molecule has 1 aromatic carbocycles. The van der Waals surface area contributed by atoms with E-state index in [4.69, 9.17) is 14.2 Å². The Morgan fingerprint density at radius 2 is 1.55 bits per heavy atom. The molecule has 1 aromatic rings. The molecular weight excluding hydrogens is 955 g/mol. The number of carbonyl (C=O) groups is 9. The number of aliphatic hydroxyl groups excluding tert-OH is 1. The minimum absolute atomic E-state index is 0.0893. The van der Waals surface area contributed by atoms with Crippen LogP contribution in [0.5, 0.6) is 5.75 Å². The maximum absolute atomic E-state index is 14.9.